The van der Waals surface area contributed by atoms with E-state index in [9.17, 15) is 5.11 Å². The van der Waals surface area contributed by atoms with E-state index in [0.717, 1.165) is 11.1 Å². The Kier molecular flexibility index (Phi) is 4.03. The largest absolute Gasteiger partial charge is 0.504 e. The molecule has 20 heavy (non-hydrogen) atoms. The third-order valence-electron chi connectivity index (χ3n) is 3.48. The Labute approximate surface area is 121 Å². The van der Waals surface area contributed by atoms with Gasteiger partial charge >= 0.3 is 0 Å². The van der Waals surface area contributed by atoms with Crippen molar-refractivity contribution in [2.75, 3.05) is 7.11 Å². The molecule has 0 atom stereocenters. The molecule has 2 aromatic carbocycles. The van der Waals surface area contributed by atoms with Crippen LogP contribution >= 0.6 is 0 Å². The molecule has 2 rings (SSSR count). The number of aromatic hydroxyl groups is 1. The molecule has 0 saturated heterocycles. The number of phenolic OH excluding ortho intramolecular Hbond substituents is 1. The average Bonchev–Trinajstić information content (AvgIpc) is 2.41. The van der Waals surface area contributed by atoms with Gasteiger partial charge in [-0.05, 0) is 22.6 Å². The minimum Gasteiger partial charge on any atom is -0.504 e. The average molecular weight is 270 g/mol. The maximum atomic E-state index is 10.3. The lowest BCUT2D eigenvalue weighted by Crippen LogP contribution is -2.12. The van der Waals surface area contributed by atoms with Crippen molar-refractivity contribution >= 4 is 0 Å². The lowest BCUT2D eigenvalue weighted by atomic mass is 9.85. The zero-order valence-electron chi connectivity index (χ0n) is 12.6. The van der Waals surface area contributed by atoms with Crippen LogP contribution in [0.3, 0.4) is 0 Å². The van der Waals surface area contributed by atoms with E-state index >= 15 is 0 Å². The number of phenols is 1. The maximum absolute atomic E-state index is 10.3. The van der Waals surface area contributed by atoms with Crippen molar-refractivity contribution in [1.82, 2.24) is 0 Å². The van der Waals surface area contributed by atoms with Gasteiger partial charge in [0.2, 0.25) is 0 Å². The van der Waals surface area contributed by atoms with Crippen LogP contribution in [0.5, 0.6) is 11.5 Å². The summed E-state index contributed by atoms with van der Waals surface area (Å²) in [5, 5.41) is 10.3. The van der Waals surface area contributed by atoms with Crippen molar-refractivity contribution in [2.24, 2.45) is 0 Å². The second-order valence-electron chi connectivity index (χ2n) is 6.10. The molecular formula is C18H22O2. The van der Waals surface area contributed by atoms with Gasteiger partial charge in [0.1, 0.15) is 0 Å². The Hall–Kier alpha value is -1.96. The topological polar surface area (TPSA) is 29.5 Å². The van der Waals surface area contributed by atoms with E-state index in [0.29, 0.717) is 12.2 Å². The molecule has 2 heteroatoms. The molecule has 2 nitrogen and oxygen atoms in total. The number of benzene rings is 2. The highest BCUT2D eigenvalue weighted by molar-refractivity contribution is 5.51. The lowest BCUT2D eigenvalue weighted by molar-refractivity contribution is 0.369. The molecule has 0 aliphatic heterocycles. The molecular weight excluding hydrogens is 248 g/mol. The Morgan fingerprint density at radius 3 is 2.25 bits per heavy atom. The summed E-state index contributed by atoms with van der Waals surface area (Å²) < 4.78 is 5.31. The summed E-state index contributed by atoms with van der Waals surface area (Å²) in [5.74, 6) is 0.785. The Balaban J connectivity index is 2.46. The number of methoxy groups -OCH3 is 1. The third-order valence-corrected chi connectivity index (χ3v) is 3.48. The molecule has 1 N–H and O–H groups in total. The highest BCUT2D eigenvalue weighted by Gasteiger charge is 2.19. The molecule has 0 unspecified atom stereocenters. The summed E-state index contributed by atoms with van der Waals surface area (Å²) in [7, 11) is 1.59. The fraction of sp³-hybridized carbons (Fsp3) is 0.333. The third kappa shape index (κ3) is 3.13. The van der Waals surface area contributed by atoms with Crippen molar-refractivity contribution in [3.63, 3.8) is 0 Å². The molecule has 0 amide bonds. The van der Waals surface area contributed by atoms with E-state index in [1.54, 1.807) is 7.11 Å². The smallest absolute Gasteiger partial charge is 0.161 e. The van der Waals surface area contributed by atoms with Crippen molar-refractivity contribution in [2.45, 2.75) is 32.6 Å². The monoisotopic (exact) mass is 270 g/mol. The van der Waals surface area contributed by atoms with Gasteiger partial charge < -0.3 is 9.84 Å². The van der Waals surface area contributed by atoms with Gasteiger partial charge in [0.15, 0.2) is 11.5 Å². The zero-order valence-corrected chi connectivity index (χ0v) is 12.6. The molecule has 0 aromatic heterocycles. The van der Waals surface area contributed by atoms with E-state index in [1.807, 2.05) is 24.3 Å². The van der Waals surface area contributed by atoms with Gasteiger partial charge in [-0.2, -0.15) is 0 Å². The Bertz CT molecular complexity index is 580. The van der Waals surface area contributed by atoms with E-state index in [4.69, 9.17) is 4.74 Å². The van der Waals surface area contributed by atoms with Gasteiger partial charge in [-0.15, -0.1) is 0 Å². The summed E-state index contributed by atoms with van der Waals surface area (Å²) in [5.41, 5.74) is 3.27. The number of hydrogen-bond acceptors (Lipinski definition) is 2. The number of ether oxygens (including phenoxy) is 1. The predicted molar refractivity (Wildman–Crippen MR) is 82.6 cm³/mol. The van der Waals surface area contributed by atoms with E-state index in [-0.39, 0.29) is 11.2 Å². The molecule has 0 bridgehead atoms. The highest BCUT2D eigenvalue weighted by Crippen LogP contribution is 2.36. The van der Waals surface area contributed by atoms with E-state index in [2.05, 4.69) is 39.0 Å². The van der Waals surface area contributed by atoms with Crippen LogP contribution in [0.1, 0.15) is 37.5 Å². The second kappa shape index (κ2) is 5.58. The summed E-state index contributed by atoms with van der Waals surface area (Å²) >= 11 is 0. The van der Waals surface area contributed by atoms with Gasteiger partial charge in [-0.1, -0.05) is 57.2 Å². The predicted octanol–water partition coefficient (Wildman–Crippen LogP) is 4.29. The summed E-state index contributed by atoms with van der Waals surface area (Å²) in [6.07, 6.45) is 0.701. The SMILES string of the molecule is COc1cc(C(C)(C)C)cc(Cc2ccccc2)c1O. The highest BCUT2D eigenvalue weighted by atomic mass is 16.5. The van der Waals surface area contributed by atoms with Crippen molar-refractivity contribution in [1.29, 1.82) is 0 Å². The molecule has 106 valence electrons. The zero-order chi connectivity index (χ0) is 14.8. The van der Waals surface area contributed by atoms with Crippen LogP contribution in [0.25, 0.3) is 0 Å². The van der Waals surface area contributed by atoms with Crippen LogP contribution in [-0.4, -0.2) is 12.2 Å². The molecule has 0 saturated carbocycles. The van der Waals surface area contributed by atoms with Crippen LogP contribution in [0.2, 0.25) is 0 Å². The first kappa shape index (κ1) is 14.4. The van der Waals surface area contributed by atoms with Crippen molar-refractivity contribution in [3.05, 3.63) is 59.2 Å². The molecule has 2 aromatic rings. The molecule has 0 radical (unpaired) electrons. The number of rotatable bonds is 3. The van der Waals surface area contributed by atoms with E-state index in [1.165, 1.54) is 5.56 Å². The second-order valence-corrected chi connectivity index (χ2v) is 6.10. The Morgan fingerprint density at radius 2 is 1.70 bits per heavy atom. The molecule has 0 heterocycles. The summed E-state index contributed by atoms with van der Waals surface area (Å²) in [6.45, 7) is 6.47. The minimum absolute atomic E-state index is 0.0203. The quantitative estimate of drug-likeness (QED) is 0.901. The fourth-order valence-corrected chi connectivity index (χ4v) is 2.20. The van der Waals surface area contributed by atoms with E-state index < -0.39 is 0 Å². The molecule has 0 aliphatic carbocycles. The standard InChI is InChI=1S/C18H22O2/c1-18(2,3)15-11-14(17(19)16(12-15)20-4)10-13-8-6-5-7-9-13/h5-9,11-12,19H,10H2,1-4H3. The summed E-state index contributed by atoms with van der Waals surface area (Å²) in [6, 6.07) is 14.1. The summed E-state index contributed by atoms with van der Waals surface area (Å²) in [4.78, 5) is 0. The maximum Gasteiger partial charge on any atom is 0.161 e. The lowest BCUT2D eigenvalue weighted by Gasteiger charge is -2.22. The van der Waals surface area contributed by atoms with Crippen LogP contribution in [0, 0.1) is 0 Å². The van der Waals surface area contributed by atoms with Gasteiger partial charge in [-0.3, -0.25) is 0 Å². The first-order chi connectivity index (χ1) is 9.41. The van der Waals surface area contributed by atoms with Gasteiger partial charge in [0.05, 0.1) is 7.11 Å². The van der Waals surface area contributed by atoms with Crippen LogP contribution < -0.4 is 4.74 Å². The van der Waals surface area contributed by atoms with Crippen LogP contribution in [0.15, 0.2) is 42.5 Å². The minimum atomic E-state index is 0.0203. The fourth-order valence-electron chi connectivity index (χ4n) is 2.20. The molecule has 0 fully saturated rings. The first-order valence-corrected chi connectivity index (χ1v) is 6.86. The van der Waals surface area contributed by atoms with Gasteiger partial charge in [0, 0.05) is 12.0 Å². The first-order valence-electron chi connectivity index (χ1n) is 6.86. The normalized spacial score (nSPS) is 11.4. The van der Waals surface area contributed by atoms with Gasteiger partial charge in [-0.25, -0.2) is 0 Å². The molecule has 0 spiro atoms. The van der Waals surface area contributed by atoms with Crippen LogP contribution in [0.4, 0.5) is 0 Å². The Morgan fingerprint density at radius 1 is 1.05 bits per heavy atom. The van der Waals surface area contributed by atoms with Gasteiger partial charge in [0.25, 0.3) is 0 Å². The molecule has 0 aliphatic rings. The van der Waals surface area contributed by atoms with Crippen molar-refractivity contribution in [3.8, 4) is 11.5 Å². The number of hydrogen-bond donors (Lipinski definition) is 1. The van der Waals surface area contributed by atoms with Crippen LogP contribution in [-0.2, 0) is 11.8 Å². The van der Waals surface area contributed by atoms with Crippen molar-refractivity contribution < 1.29 is 9.84 Å².